The SMILES string of the molecule is COc1ccc(OC2CCN(C3CC4(CCN(c5ccc(C(=O)NS(=O)(=O)c6ccc(NC[C@H]7CC[C@](C)(O)CC7)c([N+](=O)[O-])c6)c(Oc6cnc7[nH]ccc7c6)c5)CC4)C3)C(c3ccccc3C(C)C)C2)cc1. The number of likely N-dealkylation sites (tertiary alicyclic amines) is 1. The summed E-state index contributed by atoms with van der Waals surface area (Å²) in [4.78, 5) is 37.9. The molecule has 4 N–H and O–H groups in total. The van der Waals surface area contributed by atoms with Gasteiger partial charge in [0.25, 0.3) is 21.6 Å². The smallest absolute Gasteiger partial charge is 0.293 e. The number of methoxy groups -OCH3 is 1. The molecule has 74 heavy (non-hydrogen) atoms. The Morgan fingerprint density at radius 3 is 2.39 bits per heavy atom. The summed E-state index contributed by atoms with van der Waals surface area (Å²) < 4.78 is 48.3. The van der Waals surface area contributed by atoms with Gasteiger partial charge in [0, 0.05) is 74.1 Å². The number of pyridine rings is 1. The van der Waals surface area contributed by atoms with Crippen molar-refractivity contribution in [2.75, 3.05) is 43.5 Å². The molecule has 2 saturated heterocycles. The van der Waals surface area contributed by atoms with Gasteiger partial charge in [-0.1, -0.05) is 38.1 Å². The first-order valence-electron chi connectivity index (χ1n) is 26.0. The Labute approximate surface area is 433 Å². The average Bonchev–Trinajstić information content (AvgIpc) is 3.86. The Bertz CT molecular complexity index is 3100. The van der Waals surface area contributed by atoms with Crippen LogP contribution in [0.25, 0.3) is 11.0 Å². The lowest BCUT2D eigenvalue weighted by atomic mass is 9.59. The molecule has 4 fully saturated rings. The van der Waals surface area contributed by atoms with Gasteiger partial charge in [0.2, 0.25) is 0 Å². The second-order valence-corrected chi connectivity index (χ2v) is 23.3. The number of carbonyl (C=O) groups is 1. The summed E-state index contributed by atoms with van der Waals surface area (Å²) in [7, 11) is -2.92. The Balaban J connectivity index is 0.830. The Morgan fingerprint density at radius 1 is 0.919 bits per heavy atom. The minimum absolute atomic E-state index is 0.0344. The number of benzene rings is 4. The van der Waals surface area contributed by atoms with E-state index in [1.54, 1.807) is 31.5 Å². The number of aromatic nitrogens is 2. The van der Waals surface area contributed by atoms with Gasteiger partial charge in [0.15, 0.2) is 0 Å². The monoisotopic (exact) mass is 1030 g/mol. The maximum absolute atomic E-state index is 14.1. The van der Waals surface area contributed by atoms with Crippen molar-refractivity contribution in [3.05, 3.63) is 136 Å². The number of aromatic amines is 1. The summed E-state index contributed by atoms with van der Waals surface area (Å²) in [5, 5.41) is 26.5. The summed E-state index contributed by atoms with van der Waals surface area (Å²) in [5.74, 6) is 1.79. The van der Waals surface area contributed by atoms with Crippen molar-refractivity contribution in [1.29, 1.82) is 0 Å². The van der Waals surface area contributed by atoms with Gasteiger partial charge in [-0.2, -0.15) is 0 Å². The molecule has 1 amide bonds. The molecule has 2 atom stereocenters. The lowest BCUT2D eigenvalue weighted by Crippen LogP contribution is -2.57. The van der Waals surface area contributed by atoms with E-state index in [0.29, 0.717) is 42.7 Å². The predicted molar refractivity (Wildman–Crippen MR) is 285 cm³/mol. The Hall–Kier alpha value is -6.69. The van der Waals surface area contributed by atoms with E-state index in [-0.39, 0.29) is 40.5 Å². The Morgan fingerprint density at radius 2 is 1.66 bits per heavy atom. The fourth-order valence-corrected chi connectivity index (χ4v) is 12.9. The van der Waals surface area contributed by atoms with Crippen LogP contribution in [0.3, 0.4) is 0 Å². The number of hydrogen-bond donors (Lipinski definition) is 4. The van der Waals surface area contributed by atoms with Crippen molar-refractivity contribution < 1.29 is 37.5 Å². The number of H-pyrrole nitrogens is 1. The number of aliphatic hydroxyl groups is 1. The maximum atomic E-state index is 14.1. The molecule has 0 radical (unpaired) electrons. The van der Waals surface area contributed by atoms with E-state index in [1.807, 2.05) is 43.3 Å². The minimum Gasteiger partial charge on any atom is -0.497 e. The van der Waals surface area contributed by atoms with E-state index in [9.17, 15) is 28.4 Å². The number of fused-ring (bicyclic) bond motifs is 1. The first kappa shape index (κ1) is 50.8. The number of nitro benzene ring substituents is 1. The zero-order valence-corrected chi connectivity index (χ0v) is 43.4. The van der Waals surface area contributed by atoms with Crippen LogP contribution in [0.15, 0.2) is 114 Å². The van der Waals surface area contributed by atoms with E-state index < -0.39 is 37.0 Å². The average molecular weight is 1030 g/mol. The quantitative estimate of drug-likeness (QED) is 0.0527. The van der Waals surface area contributed by atoms with Crippen LogP contribution in [0.5, 0.6) is 23.0 Å². The van der Waals surface area contributed by atoms with Gasteiger partial charge < -0.3 is 34.5 Å². The van der Waals surface area contributed by atoms with Crippen molar-refractivity contribution in [2.24, 2.45) is 11.3 Å². The highest BCUT2D eigenvalue weighted by Crippen LogP contribution is 2.54. The summed E-state index contributed by atoms with van der Waals surface area (Å²) in [6.45, 7) is 9.34. The van der Waals surface area contributed by atoms with Gasteiger partial charge in [-0.3, -0.25) is 19.8 Å². The topological polar surface area (TPSA) is 201 Å². The molecule has 4 aliphatic rings. The molecule has 2 aromatic heterocycles. The highest BCUT2D eigenvalue weighted by Gasteiger charge is 2.50. The van der Waals surface area contributed by atoms with E-state index in [2.05, 4.69) is 67.9 Å². The van der Waals surface area contributed by atoms with Crippen LogP contribution in [-0.4, -0.2) is 90.3 Å². The summed E-state index contributed by atoms with van der Waals surface area (Å²) in [5.41, 5.74) is 3.48. The van der Waals surface area contributed by atoms with Crippen LogP contribution in [0.4, 0.5) is 17.1 Å². The number of rotatable bonds is 16. The van der Waals surface area contributed by atoms with E-state index in [1.165, 1.54) is 29.5 Å². The number of nitro groups is 1. The summed E-state index contributed by atoms with van der Waals surface area (Å²) in [6, 6.07) is 29.8. The molecule has 4 heterocycles. The van der Waals surface area contributed by atoms with Gasteiger partial charge in [0.1, 0.15) is 40.4 Å². The molecular formula is C57H67N7O9S. The third-order valence-corrected chi connectivity index (χ3v) is 17.5. The standard InChI is InChI=1S/C57H67N7O9S/c1-37(2)47-7-5-6-8-48(47)51-31-44(72-43-12-10-42(71-4)11-13-43)20-26-63(51)41-33-57(34-41)23-27-62(28-24-57)40-9-15-49(53(30-40)73-45-29-39-19-25-58-54(39)60-36-45)55(65)61-74(69,70)46-14-16-50(52(32-46)64(67)68)59-35-38-17-21-56(3,66)22-18-38/h5-16,19,25,29-30,32,36-38,41,44,51,59,66H,17-18,20-24,26-28,31,33-35H2,1-4H3,(H,58,60)(H,61,65)/t38-,44?,51?,56-. The third-order valence-electron chi connectivity index (χ3n) is 16.2. The number of nitrogens with one attached hydrogen (secondary N) is 3. The number of anilines is 2. The highest BCUT2D eigenvalue weighted by molar-refractivity contribution is 7.90. The molecule has 16 nitrogen and oxygen atoms in total. The highest BCUT2D eigenvalue weighted by atomic mass is 32.2. The molecule has 0 bridgehead atoms. The van der Waals surface area contributed by atoms with Crippen molar-refractivity contribution in [1.82, 2.24) is 19.6 Å². The molecule has 2 aliphatic carbocycles. The van der Waals surface area contributed by atoms with Crippen molar-refractivity contribution in [3.8, 4) is 23.0 Å². The van der Waals surface area contributed by atoms with Crippen molar-refractivity contribution in [2.45, 2.75) is 120 Å². The largest absolute Gasteiger partial charge is 0.497 e. The van der Waals surface area contributed by atoms with Crippen LogP contribution >= 0.6 is 0 Å². The first-order chi connectivity index (χ1) is 35.5. The number of carbonyl (C=O) groups excluding carboxylic acids is 1. The van der Waals surface area contributed by atoms with Gasteiger partial charge in [-0.05, 0) is 154 Å². The van der Waals surface area contributed by atoms with Crippen molar-refractivity contribution >= 4 is 44.0 Å². The van der Waals surface area contributed by atoms with E-state index in [0.717, 1.165) is 99.6 Å². The fraction of sp³-hybridized carbons (Fsp3) is 0.439. The number of amides is 1. The number of hydrogen-bond acceptors (Lipinski definition) is 13. The second kappa shape index (κ2) is 20.9. The molecule has 2 unspecified atom stereocenters. The van der Waals surface area contributed by atoms with Gasteiger partial charge >= 0.3 is 0 Å². The molecule has 6 aromatic rings. The first-order valence-corrected chi connectivity index (χ1v) is 27.5. The molecule has 1 spiro atoms. The molecular weight excluding hydrogens is 959 g/mol. The molecule has 17 heteroatoms. The van der Waals surface area contributed by atoms with Gasteiger partial charge in [-0.25, -0.2) is 18.1 Å². The normalized spacial score (nSPS) is 22.3. The van der Waals surface area contributed by atoms with Crippen LogP contribution in [0.1, 0.15) is 118 Å². The van der Waals surface area contributed by atoms with Crippen LogP contribution in [-0.2, 0) is 10.0 Å². The van der Waals surface area contributed by atoms with Crippen LogP contribution in [0, 0.1) is 21.4 Å². The molecule has 10 rings (SSSR count). The van der Waals surface area contributed by atoms with Gasteiger partial charge in [0.05, 0.1) is 34.3 Å². The minimum atomic E-state index is -4.59. The fourth-order valence-electron chi connectivity index (χ4n) is 11.9. The van der Waals surface area contributed by atoms with E-state index >= 15 is 0 Å². The number of ether oxygens (including phenoxy) is 3. The number of sulfonamides is 1. The van der Waals surface area contributed by atoms with Crippen LogP contribution < -0.4 is 29.1 Å². The second-order valence-electron chi connectivity index (χ2n) is 21.6. The maximum Gasteiger partial charge on any atom is 0.293 e. The summed E-state index contributed by atoms with van der Waals surface area (Å²) >= 11 is 0. The van der Waals surface area contributed by atoms with Crippen molar-refractivity contribution in [3.63, 3.8) is 0 Å². The lowest BCUT2D eigenvalue weighted by Gasteiger charge is -2.58. The Kier molecular flexibility index (Phi) is 14.4. The predicted octanol–water partition coefficient (Wildman–Crippen LogP) is 10.9. The zero-order valence-electron chi connectivity index (χ0n) is 42.6. The zero-order chi connectivity index (χ0) is 51.8. The summed E-state index contributed by atoms with van der Waals surface area (Å²) in [6.07, 6.45) is 12.3. The third kappa shape index (κ3) is 11.1. The molecule has 4 aromatic carbocycles. The molecule has 2 aliphatic heterocycles. The molecule has 390 valence electrons. The molecule has 2 saturated carbocycles. The van der Waals surface area contributed by atoms with E-state index in [4.69, 9.17) is 14.2 Å². The number of piperidine rings is 2. The lowest BCUT2D eigenvalue weighted by molar-refractivity contribution is -0.384. The van der Waals surface area contributed by atoms with Crippen LogP contribution in [0.2, 0.25) is 0 Å². The number of nitrogens with zero attached hydrogens (tertiary/aromatic N) is 4. The van der Waals surface area contributed by atoms with Gasteiger partial charge in [-0.15, -0.1) is 0 Å².